The topological polar surface area (TPSA) is 125 Å². The number of amides is 1. The maximum absolute atomic E-state index is 12.7. The highest BCUT2D eigenvalue weighted by Crippen LogP contribution is 2.59. The maximum Gasteiger partial charge on any atom is 0.409 e. The number of nitrogens with one attached hydrogen (secondary N) is 1. The number of rotatable bonds is 1. The van der Waals surface area contributed by atoms with Gasteiger partial charge in [0.05, 0.1) is 16.8 Å². The molecule has 8 heteroatoms. The van der Waals surface area contributed by atoms with Crippen molar-refractivity contribution in [3.05, 3.63) is 76.9 Å². The number of benzene rings is 3. The van der Waals surface area contributed by atoms with Crippen molar-refractivity contribution in [1.29, 1.82) is 0 Å². The summed E-state index contributed by atoms with van der Waals surface area (Å²) >= 11 is 0. The van der Waals surface area contributed by atoms with E-state index < -0.39 is 17.7 Å². The SMILES string of the molecule is O=C(O)Nc1cc(O)cc2c1C1(OC(=O)c3ccccc31)c1ccc(O)cc1O2. The first-order valence-electron chi connectivity index (χ1n) is 8.62. The number of anilines is 1. The van der Waals surface area contributed by atoms with Crippen LogP contribution in [0.5, 0.6) is 23.0 Å². The highest BCUT2D eigenvalue weighted by Gasteiger charge is 2.55. The summed E-state index contributed by atoms with van der Waals surface area (Å²) in [6.07, 6.45) is -1.36. The molecule has 3 aromatic rings. The molecule has 1 spiro atoms. The fourth-order valence-corrected chi connectivity index (χ4v) is 4.00. The van der Waals surface area contributed by atoms with Crippen LogP contribution < -0.4 is 10.1 Å². The standard InChI is InChI=1S/C21H13NO7/c23-10-5-6-14-16(8-10)28-17-9-11(24)7-15(22-20(26)27)18(17)21(14)13-4-2-1-3-12(13)19(25)29-21/h1-9,22-24H,(H,26,27). The van der Waals surface area contributed by atoms with Crippen molar-refractivity contribution >= 4 is 17.7 Å². The van der Waals surface area contributed by atoms with Gasteiger partial charge in [0.1, 0.15) is 23.0 Å². The smallest absolute Gasteiger partial charge is 0.409 e. The van der Waals surface area contributed by atoms with Crippen LogP contribution in [0.1, 0.15) is 27.0 Å². The van der Waals surface area contributed by atoms with Crippen molar-refractivity contribution in [3.8, 4) is 23.0 Å². The zero-order chi connectivity index (χ0) is 20.3. The number of hydrogen-bond acceptors (Lipinski definition) is 6. The van der Waals surface area contributed by atoms with Crippen LogP contribution in [-0.4, -0.2) is 27.4 Å². The first kappa shape index (κ1) is 16.9. The van der Waals surface area contributed by atoms with Crippen molar-refractivity contribution in [2.24, 2.45) is 0 Å². The van der Waals surface area contributed by atoms with Crippen LogP contribution in [-0.2, 0) is 10.3 Å². The number of phenols is 2. The van der Waals surface area contributed by atoms with E-state index >= 15 is 0 Å². The van der Waals surface area contributed by atoms with Crippen molar-refractivity contribution in [2.45, 2.75) is 5.60 Å². The highest BCUT2D eigenvalue weighted by atomic mass is 16.6. The van der Waals surface area contributed by atoms with Gasteiger partial charge in [-0.15, -0.1) is 0 Å². The second-order valence-electron chi connectivity index (χ2n) is 6.70. The van der Waals surface area contributed by atoms with Crippen molar-refractivity contribution < 1.29 is 34.4 Å². The number of esters is 1. The van der Waals surface area contributed by atoms with Crippen molar-refractivity contribution in [1.82, 2.24) is 0 Å². The van der Waals surface area contributed by atoms with Gasteiger partial charge in [-0.25, -0.2) is 9.59 Å². The summed E-state index contributed by atoms with van der Waals surface area (Å²) in [7, 11) is 0. The summed E-state index contributed by atoms with van der Waals surface area (Å²) < 4.78 is 11.8. The number of fused-ring (bicyclic) bond motifs is 6. The second kappa shape index (κ2) is 5.65. The number of carbonyl (C=O) groups excluding carboxylic acids is 1. The van der Waals surface area contributed by atoms with Crippen molar-refractivity contribution in [2.75, 3.05) is 5.32 Å². The zero-order valence-corrected chi connectivity index (χ0v) is 14.7. The van der Waals surface area contributed by atoms with Gasteiger partial charge in [0.2, 0.25) is 0 Å². The summed E-state index contributed by atoms with van der Waals surface area (Å²) in [6.45, 7) is 0. The molecule has 0 saturated heterocycles. The molecule has 29 heavy (non-hydrogen) atoms. The van der Waals surface area contributed by atoms with E-state index in [-0.39, 0.29) is 34.2 Å². The van der Waals surface area contributed by atoms with E-state index in [0.717, 1.165) is 0 Å². The Bertz CT molecular complexity index is 1220. The molecule has 1 amide bonds. The molecule has 3 aromatic carbocycles. The largest absolute Gasteiger partial charge is 0.508 e. The average Bonchev–Trinajstić information content (AvgIpc) is 2.94. The quantitative estimate of drug-likeness (QED) is 0.466. The fraction of sp³-hybridized carbons (Fsp3) is 0.0476. The summed E-state index contributed by atoms with van der Waals surface area (Å²) in [6, 6.07) is 13.6. The van der Waals surface area contributed by atoms with Crippen LogP contribution in [0.4, 0.5) is 10.5 Å². The summed E-state index contributed by atoms with van der Waals surface area (Å²) in [5.41, 5.74) is -0.0324. The predicted octanol–water partition coefficient (Wildman–Crippen LogP) is 3.76. The molecule has 5 rings (SSSR count). The number of aromatic hydroxyl groups is 2. The van der Waals surface area contributed by atoms with Gasteiger partial charge in [0.25, 0.3) is 0 Å². The lowest BCUT2D eigenvalue weighted by molar-refractivity contribution is 0.0227. The molecule has 144 valence electrons. The van der Waals surface area contributed by atoms with Crippen LogP contribution in [0.3, 0.4) is 0 Å². The molecule has 2 aliphatic heterocycles. The zero-order valence-electron chi connectivity index (χ0n) is 14.7. The minimum Gasteiger partial charge on any atom is -0.508 e. The Morgan fingerprint density at radius 1 is 0.931 bits per heavy atom. The monoisotopic (exact) mass is 391 g/mol. The number of hydrogen-bond donors (Lipinski definition) is 4. The lowest BCUT2D eigenvalue weighted by atomic mass is 9.77. The molecule has 1 atom stereocenters. The summed E-state index contributed by atoms with van der Waals surface area (Å²) in [5.74, 6) is -0.583. The Hall–Kier alpha value is -4.20. The van der Waals surface area contributed by atoms with E-state index in [1.54, 1.807) is 30.3 Å². The van der Waals surface area contributed by atoms with Gasteiger partial charge >= 0.3 is 12.1 Å². The minimum absolute atomic E-state index is 0.00993. The van der Waals surface area contributed by atoms with Crippen LogP contribution in [0.2, 0.25) is 0 Å². The fourth-order valence-electron chi connectivity index (χ4n) is 4.00. The maximum atomic E-state index is 12.7. The number of carboxylic acid groups (broad SMARTS) is 1. The molecule has 0 fully saturated rings. The molecule has 0 aromatic heterocycles. The third-order valence-corrected chi connectivity index (χ3v) is 5.02. The predicted molar refractivity (Wildman–Crippen MR) is 99.7 cm³/mol. The minimum atomic E-state index is -1.52. The normalized spacial score (nSPS) is 18.3. The molecular formula is C21H13NO7. The van der Waals surface area contributed by atoms with Gasteiger partial charge in [0, 0.05) is 29.3 Å². The molecule has 4 N–H and O–H groups in total. The lowest BCUT2D eigenvalue weighted by Gasteiger charge is -2.37. The van der Waals surface area contributed by atoms with E-state index in [0.29, 0.717) is 16.7 Å². The number of phenolic OH excluding ortho intramolecular Hbond substituents is 2. The van der Waals surface area contributed by atoms with Crippen LogP contribution in [0, 0.1) is 0 Å². The van der Waals surface area contributed by atoms with E-state index in [4.69, 9.17) is 9.47 Å². The second-order valence-corrected chi connectivity index (χ2v) is 6.70. The van der Waals surface area contributed by atoms with Crippen LogP contribution in [0.25, 0.3) is 0 Å². The number of ether oxygens (including phenoxy) is 2. The summed E-state index contributed by atoms with van der Waals surface area (Å²) in [5, 5.41) is 31.6. The molecule has 1 unspecified atom stereocenters. The van der Waals surface area contributed by atoms with Gasteiger partial charge in [-0.1, -0.05) is 18.2 Å². The molecule has 0 saturated carbocycles. The molecule has 2 aliphatic rings. The first-order chi connectivity index (χ1) is 13.9. The van der Waals surface area contributed by atoms with E-state index in [1.807, 2.05) is 0 Å². The number of carbonyl (C=O) groups is 2. The molecule has 0 bridgehead atoms. The van der Waals surface area contributed by atoms with Gasteiger partial charge in [-0.3, -0.25) is 5.32 Å². The van der Waals surface area contributed by atoms with Gasteiger partial charge in [0.15, 0.2) is 5.60 Å². The summed E-state index contributed by atoms with van der Waals surface area (Å²) in [4.78, 5) is 24.1. The van der Waals surface area contributed by atoms with Gasteiger partial charge in [-0.05, 0) is 18.2 Å². The van der Waals surface area contributed by atoms with E-state index in [1.165, 1.54) is 24.3 Å². The Balaban J connectivity index is 1.92. The van der Waals surface area contributed by atoms with Gasteiger partial charge < -0.3 is 24.8 Å². The Morgan fingerprint density at radius 2 is 1.69 bits per heavy atom. The molecule has 0 aliphatic carbocycles. The first-order valence-corrected chi connectivity index (χ1v) is 8.62. The van der Waals surface area contributed by atoms with Crippen molar-refractivity contribution in [3.63, 3.8) is 0 Å². The Kier molecular flexibility index (Phi) is 3.30. The lowest BCUT2D eigenvalue weighted by Crippen LogP contribution is -2.34. The molecule has 2 heterocycles. The third-order valence-electron chi connectivity index (χ3n) is 5.02. The Labute approximate surface area is 163 Å². The van der Waals surface area contributed by atoms with Gasteiger partial charge in [-0.2, -0.15) is 0 Å². The molecule has 0 radical (unpaired) electrons. The highest BCUT2D eigenvalue weighted by molar-refractivity contribution is 5.98. The average molecular weight is 391 g/mol. The van der Waals surface area contributed by atoms with E-state index in [2.05, 4.69) is 5.32 Å². The molecule has 8 nitrogen and oxygen atoms in total. The van der Waals surface area contributed by atoms with Crippen LogP contribution in [0.15, 0.2) is 54.6 Å². The third kappa shape index (κ3) is 2.26. The van der Waals surface area contributed by atoms with E-state index in [9.17, 15) is 24.9 Å². The molecular weight excluding hydrogens is 378 g/mol. The van der Waals surface area contributed by atoms with Crippen LogP contribution >= 0.6 is 0 Å². The Morgan fingerprint density at radius 3 is 2.48 bits per heavy atom.